The third kappa shape index (κ3) is 5.51. The summed E-state index contributed by atoms with van der Waals surface area (Å²) in [4.78, 5) is 17.1. The van der Waals surface area contributed by atoms with E-state index in [1.807, 2.05) is 6.07 Å². The van der Waals surface area contributed by atoms with Gasteiger partial charge in [0.2, 0.25) is 0 Å². The van der Waals surface area contributed by atoms with E-state index in [9.17, 15) is 18.0 Å². The summed E-state index contributed by atoms with van der Waals surface area (Å²) in [6.45, 7) is 0.714. The van der Waals surface area contributed by atoms with E-state index in [2.05, 4.69) is 10.1 Å². The number of aromatic nitrogens is 2. The second-order valence-corrected chi connectivity index (χ2v) is 9.70. The monoisotopic (exact) mass is 571 g/mol. The summed E-state index contributed by atoms with van der Waals surface area (Å²) in [5.41, 5.74) is -1.31. The number of nitrogens with zero attached hydrogens (tertiary/aromatic N) is 2. The van der Waals surface area contributed by atoms with Gasteiger partial charge in [0.15, 0.2) is 23.0 Å². The van der Waals surface area contributed by atoms with Crippen molar-refractivity contribution >= 4 is 22.4 Å². The van der Waals surface area contributed by atoms with Crippen LogP contribution in [-0.4, -0.2) is 55.2 Å². The fourth-order valence-electron chi connectivity index (χ4n) is 4.49. The number of carbonyl (C=O) groups excluding carboxylic acids is 1. The standard InChI is InChI=1S/C29H25F4N3O5/c1-38-7-8-40-25-12-18-9-19(15-35-21(18)13-24(25)39-2)16-3-4-17(20(30)10-16)11-23(37)27(34)22-14-26(41-36-22)28(5-6-28)29(31,32)33/h3-4,9-10,12-15,34H,5-8,11H2,1-2H3. The molecule has 1 aliphatic rings. The maximum atomic E-state index is 15.1. The topological polar surface area (TPSA) is 108 Å². The van der Waals surface area contributed by atoms with Crippen molar-refractivity contribution in [2.24, 2.45) is 0 Å². The van der Waals surface area contributed by atoms with Crippen LogP contribution in [0.5, 0.6) is 11.5 Å². The van der Waals surface area contributed by atoms with Crippen molar-refractivity contribution in [2.45, 2.75) is 30.9 Å². The van der Waals surface area contributed by atoms with Crippen LogP contribution in [0.2, 0.25) is 0 Å². The molecule has 0 amide bonds. The maximum absolute atomic E-state index is 15.1. The Kier molecular flexibility index (Phi) is 7.52. The number of benzene rings is 2. The lowest BCUT2D eigenvalue weighted by molar-refractivity contribution is -0.165. The minimum absolute atomic E-state index is 0.0217. The van der Waals surface area contributed by atoms with Crippen LogP contribution in [0.1, 0.15) is 29.9 Å². The number of ketones is 1. The van der Waals surface area contributed by atoms with Gasteiger partial charge in [0, 0.05) is 42.8 Å². The van der Waals surface area contributed by atoms with Gasteiger partial charge in [-0.05, 0) is 42.2 Å². The Morgan fingerprint density at radius 3 is 2.49 bits per heavy atom. The third-order valence-corrected chi connectivity index (χ3v) is 7.06. The van der Waals surface area contributed by atoms with E-state index in [1.165, 1.54) is 19.2 Å². The number of pyridine rings is 1. The van der Waals surface area contributed by atoms with Crippen molar-refractivity contribution in [2.75, 3.05) is 27.4 Å². The Morgan fingerprint density at radius 1 is 1.05 bits per heavy atom. The smallest absolute Gasteiger partial charge is 0.401 e. The first-order valence-corrected chi connectivity index (χ1v) is 12.6. The van der Waals surface area contributed by atoms with Crippen molar-refractivity contribution < 1.29 is 41.1 Å². The van der Waals surface area contributed by atoms with Gasteiger partial charge < -0.3 is 18.7 Å². The van der Waals surface area contributed by atoms with E-state index in [1.54, 1.807) is 31.5 Å². The normalized spacial score (nSPS) is 14.2. The van der Waals surface area contributed by atoms with Gasteiger partial charge in [-0.3, -0.25) is 15.2 Å². The lowest BCUT2D eigenvalue weighted by Crippen LogP contribution is -2.28. The molecule has 0 atom stereocenters. The number of halogens is 4. The first kappa shape index (κ1) is 28.2. The van der Waals surface area contributed by atoms with Gasteiger partial charge in [-0.2, -0.15) is 13.2 Å². The molecule has 8 nitrogen and oxygen atoms in total. The van der Waals surface area contributed by atoms with Crippen LogP contribution in [0.3, 0.4) is 0 Å². The first-order chi connectivity index (χ1) is 19.6. The number of rotatable bonds is 11. The van der Waals surface area contributed by atoms with E-state index >= 15 is 4.39 Å². The summed E-state index contributed by atoms with van der Waals surface area (Å²) in [6.07, 6.45) is -3.70. The Labute approximate surface area is 231 Å². The average molecular weight is 572 g/mol. The maximum Gasteiger partial charge on any atom is 0.401 e. The second-order valence-electron chi connectivity index (χ2n) is 9.70. The third-order valence-electron chi connectivity index (χ3n) is 7.06. The van der Waals surface area contributed by atoms with Crippen LogP contribution in [-0.2, 0) is 21.4 Å². The van der Waals surface area contributed by atoms with Crippen LogP contribution in [0.15, 0.2) is 53.2 Å². The molecule has 4 aromatic rings. The van der Waals surface area contributed by atoms with Gasteiger partial charge in [-0.1, -0.05) is 17.3 Å². The minimum atomic E-state index is -4.52. The van der Waals surface area contributed by atoms with E-state index in [-0.39, 0.29) is 24.1 Å². The summed E-state index contributed by atoms with van der Waals surface area (Å²) < 4.78 is 76.1. The fraction of sp³-hybridized carbons (Fsp3) is 0.310. The lowest BCUT2D eigenvalue weighted by atomic mass is 9.98. The van der Waals surface area contributed by atoms with E-state index in [0.29, 0.717) is 41.4 Å². The van der Waals surface area contributed by atoms with Crippen LogP contribution >= 0.6 is 0 Å². The molecular weight excluding hydrogens is 546 g/mol. The zero-order valence-electron chi connectivity index (χ0n) is 22.1. The van der Waals surface area contributed by atoms with Crippen molar-refractivity contribution in [1.82, 2.24) is 10.1 Å². The number of fused-ring (bicyclic) bond motifs is 1. The Morgan fingerprint density at radius 2 is 1.83 bits per heavy atom. The summed E-state index contributed by atoms with van der Waals surface area (Å²) in [5.74, 6) is -0.908. The number of carbonyl (C=O) groups is 1. The van der Waals surface area contributed by atoms with E-state index < -0.39 is 41.1 Å². The number of ether oxygens (including phenoxy) is 3. The van der Waals surface area contributed by atoms with E-state index in [4.69, 9.17) is 24.1 Å². The van der Waals surface area contributed by atoms with E-state index in [0.717, 1.165) is 11.5 Å². The quantitative estimate of drug-likeness (QED) is 0.137. The number of nitrogens with one attached hydrogen (secondary N) is 1. The van der Waals surface area contributed by atoms with Crippen molar-refractivity contribution in [3.63, 3.8) is 0 Å². The number of hydrogen-bond acceptors (Lipinski definition) is 8. The molecule has 0 spiro atoms. The molecule has 0 aliphatic heterocycles. The van der Waals surface area contributed by atoms with Gasteiger partial charge in [-0.25, -0.2) is 4.39 Å². The molecule has 1 fully saturated rings. The summed E-state index contributed by atoms with van der Waals surface area (Å²) in [6, 6.07) is 10.6. The fourth-order valence-corrected chi connectivity index (χ4v) is 4.49. The van der Waals surface area contributed by atoms with Crippen LogP contribution in [0.4, 0.5) is 17.6 Å². The zero-order chi connectivity index (χ0) is 29.4. The molecular formula is C29H25F4N3O5. The zero-order valence-corrected chi connectivity index (χ0v) is 22.1. The molecule has 214 valence electrons. The molecule has 41 heavy (non-hydrogen) atoms. The van der Waals surface area contributed by atoms with Crippen LogP contribution in [0.25, 0.3) is 22.0 Å². The second kappa shape index (κ2) is 10.9. The Hall–Kier alpha value is -4.32. The molecule has 0 unspecified atom stereocenters. The summed E-state index contributed by atoms with van der Waals surface area (Å²) in [5, 5.41) is 12.3. The molecule has 5 rings (SSSR count). The highest BCUT2D eigenvalue weighted by Gasteiger charge is 2.67. The number of hydrogen-bond donors (Lipinski definition) is 1. The average Bonchev–Trinajstić information content (AvgIpc) is 3.64. The molecule has 1 saturated carbocycles. The van der Waals surface area contributed by atoms with Crippen molar-refractivity contribution in [3.8, 4) is 22.6 Å². The molecule has 2 aromatic heterocycles. The molecule has 0 saturated heterocycles. The largest absolute Gasteiger partial charge is 0.493 e. The molecule has 1 N–H and O–H groups in total. The molecule has 0 bridgehead atoms. The number of alkyl halides is 3. The van der Waals surface area contributed by atoms with Crippen molar-refractivity contribution in [3.05, 3.63) is 71.5 Å². The highest BCUT2D eigenvalue weighted by atomic mass is 19.4. The molecule has 2 aromatic carbocycles. The predicted octanol–water partition coefficient (Wildman–Crippen LogP) is 5.84. The van der Waals surface area contributed by atoms with Gasteiger partial charge in [0.1, 0.15) is 29.2 Å². The highest BCUT2D eigenvalue weighted by molar-refractivity contribution is 6.44. The molecule has 1 aliphatic carbocycles. The van der Waals surface area contributed by atoms with Gasteiger partial charge in [0.25, 0.3) is 0 Å². The Balaban J connectivity index is 1.32. The van der Waals surface area contributed by atoms with Gasteiger partial charge >= 0.3 is 6.18 Å². The number of methoxy groups -OCH3 is 2. The SMILES string of the molecule is COCCOc1cc2cc(-c3ccc(CC(=O)C(=N)c4cc(C5(C(F)(F)F)CC5)on4)c(F)c3)cnc2cc1OC. The summed E-state index contributed by atoms with van der Waals surface area (Å²) >= 11 is 0. The van der Waals surface area contributed by atoms with Gasteiger partial charge in [-0.15, -0.1) is 0 Å². The minimum Gasteiger partial charge on any atom is -0.493 e. The molecule has 2 heterocycles. The van der Waals surface area contributed by atoms with Crippen LogP contribution in [0, 0.1) is 11.2 Å². The summed E-state index contributed by atoms with van der Waals surface area (Å²) in [7, 11) is 3.09. The van der Waals surface area contributed by atoms with Gasteiger partial charge in [0.05, 0.1) is 19.2 Å². The highest BCUT2D eigenvalue weighted by Crippen LogP contribution is 2.59. The lowest BCUT2D eigenvalue weighted by Gasteiger charge is -2.15. The molecule has 0 radical (unpaired) electrons. The first-order valence-electron chi connectivity index (χ1n) is 12.6. The Bertz CT molecular complexity index is 1630. The van der Waals surface area contributed by atoms with Crippen LogP contribution < -0.4 is 9.47 Å². The van der Waals surface area contributed by atoms with Crippen molar-refractivity contribution in [1.29, 1.82) is 5.41 Å². The number of Topliss-reactive ketones (excluding diaryl/α,β-unsaturated/α-hetero) is 1. The predicted molar refractivity (Wildman–Crippen MR) is 140 cm³/mol. The molecule has 12 heteroatoms.